The summed E-state index contributed by atoms with van der Waals surface area (Å²) in [5, 5.41) is 3.89. The zero-order chi connectivity index (χ0) is 19.9. The molecule has 7 heteroatoms. The summed E-state index contributed by atoms with van der Waals surface area (Å²) in [7, 11) is 0. The first-order chi connectivity index (χ1) is 13.5. The topological polar surface area (TPSA) is 57.7 Å². The molecule has 0 aromatic carbocycles. The lowest BCUT2D eigenvalue weighted by Gasteiger charge is -2.36. The summed E-state index contributed by atoms with van der Waals surface area (Å²) in [6.45, 7) is 10.4. The number of rotatable bonds is 7. The minimum Gasteiger partial charge on any atom is -0.379 e. The van der Waals surface area contributed by atoms with Gasteiger partial charge in [0.05, 0.1) is 18.2 Å². The van der Waals surface area contributed by atoms with Crippen molar-refractivity contribution in [1.82, 2.24) is 15.2 Å². The van der Waals surface area contributed by atoms with Crippen molar-refractivity contribution >= 4 is 23.3 Å². The van der Waals surface area contributed by atoms with Gasteiger partial charge in [-0.1, -0.05) is 25.4 Å². The average Bonchev–Trinajstić information content (AvgIpc) is 2.72. The molecule has 1 aromatic rings. The summed E-state index contributed by atoms with van der Waals surface area (Å²) in [4.78, 5) is 21.8. The number of morpholine rings is 1. The van der Waals surface area contributed by atoms with Crippen LogP contribution in [0, 0.1) is 11.8 Å². The maximum Gasteiger partial charge on any atom is 0.223 e. The fourth-order valence-corrected chi connectivity index (χ4v) is 4.25. The smallest absolute Gasteiger partial charge is 0.223 e. The number of hydrogen-bond acceptors (Lipinski definition) is 5. The van der Waals surface area contributed by atoms with Gasteiger partial charge in [0.25, 0.3) is 0 Å². The second kappa shape index (κ2) is 10.4. The molecular weight excluding hydrogens is 376 g/mol. The molecule has 1 aromatic heterocycles. The number of ether oxygens (including phenoxy) is 1. The Morgan fingerprint density at radius 2 is 1.96 bits per heavy atom. The molecule has 2 aliphatic rings. The van der Waals surface area contributed by atoms with Gasteiger partial charge in [-0.3, -0.25) is 9.69 Å². The standard InChI is InChI=1S/C21H33ClN4O2/c1-16(2)13-19(25-9-11-28-12-10-25)15-24-21(27)17-5-7-26(8-6-17)20-4-3-18(22)14-23-20/h3-4,14,16-17,19H,5-13,15H2,1-2H3,(H,24,27). The number of nitrogens with zero attached hydrogens (tertiary/aromatic N) is 3. The predicted octanol–water partition coefficient (Wildman–Crippen LogP) is 2.81. The normalized spacial score (nSPS) is 20.4. The maximum absolute atomic E-state index is 12.8. The van der Waals surface area contributed by atoms with E-state index in [9.17, 15) is 4.79 Å². The first kappa shape index (κ1) is 21.3. The SMILES string of the molecule is CC(C)CC(CNC(=O)C1CCN(c2ccc(Cl)cn2)CC1)N1CCOCC1. The Morgan fingerprint density at radius 3 is 2.57 bits per heavy atom. The van der Waals surface area contributed by atoms with Gasteiger partial charge >= 0.3 is 0 Å². The van der Waals surface area contributed by atoms with Crippen molar-refractivity contribution in [3.05, 3.63) is 23.4 Å². The monoisotopic (exact) mass is 408 g/mol. The number of nitrogens with one attached hydrogen (secondary N) is 1. The van der Waals surface area contributed by atoms with E-state index in [1.54, 1.807) is 6.20 Å². The Bertz CT molecular complexity index is 611. The number of carbonyl (C=O) groups excluding carboxylic acids is 1. The number of amides is 1. The molecule has 1 unspecified atom stereocenters. The second-order valence-corrected chi connectivity index (χ2v) is 8.71. The molecule has 2 fully saturated rings. The molecule has 0 radical (unpaired) electrons. The van der Waals surface area contributed by atoms with Crippen LogP contribution >= 0.6 is 11.6 Å². The lowest BCUT2D eigenvalue weighted by atomic mass is 9.95. The van der Waals surface area contributed by atoms with Crippen LogP contribution in [0.4, 0.5) is 5.82 Å². The van der Waals surface area contributed by atoms with Gasteiger partial charge in [0.2, 0.25) is 5.91 Å². The van der Waals surface area contributed by atoms with Gasteiger partial charge in [-0.25, -0.2) is 4.98 Å². The fraction of sp³-hybridized carbons (Fsp3) is 0.714. The summed E-state index contributed by atoms with van der Waals surface area (Å²) in [5.41, 5.74) is 0. The summed E-state index contributed by atoms with van der Waals surface area (Å²) in [5.74, 6) is 1.84. The van der Waals surface area contributed by atoms with Crippen molar-refractivity contribution in [2.75, 3.05) is 50.8 Å². The van der Waals surface area contributed by atoms with Gasteiger partial charge in [-0.05, 0) is 37.3 Å². The Hall–Kier alpha value is -1.37. The van der Waals surface area contributed by atoms with Gasteiger partial charge in [0.15, 0.2) is 0 Å². The van der Waals surface area contributed by atoms with E-state index in [1.807, 2.05) is 12.1 Å². The molecule has 2 saturated heterocycles. The van der Waals surface area contributed by atoms with Crippen LogP contribution in [0.25, 0.3) is 0 Å². The van der Waals surface area contributed by atoms with E-state index in [0.29, 0.717) is 17.0 Å². The minimum atomic E-state index is 0.0907. The van der Waals surface area contributed by atoms with Gasteiger partial charge in [-0.2, -0.15) is 0 Å². The lowest BCUT2D eigenvalue weighted by Crippen LogP contribution is -2.50. The predicted molar refractivity (Wildman–Crippen MR) is 113 cm³/mol. The highest BCUT2D eigenvalue weighted by Crippen LogP contribution is 2.23. The third kappa shape index (κ3) is 6.06. The second-order valence-electron chi connectivity index (χ2n) is 8.27. The van der Waals surface area contributed by atoms with Crippen LogP contribution in [0.3, 0.4) is 0 Å². The molecular formula is C21H33ClN4O2. The molecule has 0 aliphatic carbocycles. The number of pyridine rings is 1. The van der Waals surface area contributed by atoms with E-state index in [-0.39, 0.29) is 11.8 Å². The maximum atomic E-state index is 12.8. The molecule has 0 saturated carbocycles. The summed E-state index contributed by atoms with van der Waals surface area (Å²) in [6, 6.07) is 4.20. The van der Waals surface area contributed by atoms with Crippen LogP contribution in [-0.4, -0.2) is 67.8 Å². The van der Waals surface area contributed by atoms with Crippen LogP contribution in [0.5, 0.6) is 0 Å². The number of hydrogen-bond donors (Lipinski definition) is 1. The Labute approximate surface area is 173 Å². The Kier molecular flexibility index (Phi) is 7.94. The van der Waals surface area contributed by atoms with Gasteiger partial charge < -0.3 is 15.0 Å². The highest BCUT2D eigenvalue weighted by Gasteiger charge is 2.27. The van der Waals surface area contributed by atoms with Crippen molar-refractivity contribution in [3.8, 4) is 0 Å². The van der Waals surface area contributed by atoms with Crippen molar-refractivity contribution in [2.45, 2.75) is 39.2 Å². The van der Waals surface area contributed by atoms with E-state index in [4.69, 9.17) is 16.3 Å². The zero-order valence-corrected chi connectivity index (χ0v) is 17.8. The summed E-state index contributed by atoms with van der Waals surface area (Å²) < 4.78 is 5.48. The van der Waals surface area contributed by atoms with Crippen LogP contribution < -0.4 is 10.2 Å². The van der Waals surface area contributed by atoms with Crippen LogP contribution in [-0.2, 0) is 9.53 Å². The van der Waals surface area contributed by atoms with E-state index >= 15 is 0 Å². The van der Waals surface area contributed by atoms with Crippen LogP contribution in [0.1, 0.15) is 33.1 Å². The quantitative estimate of drug-likeness (QED) is 0.751. The number of carbonyl (C=O) groups is 1. The van der Waals surface area contributed by atoms with Crippen LogP contribution in [0.2, 0.25) is 5.02 Å². The van der Waals surface area contributed by atoms with E-state index in [0.717, 1.165) is 71.0 Å². The largest absolute Gasteiger partial charge is 0.379 e. The molecule has 1 amide bonds. The van der Waals surface area contributed by atoms with E-state index < -0.39 is 0 Å². The fourth-order valence-electron chi connectivity index (χ4n) is 4.14. The van der Waals surface area contributed by atoms with Gasteiger partial charge in [-0.15, -0.1) is 0 Å². The number of anilines is 1. The molecule has 156 valence electrons. The van der Waals surface area contributed by atoms with Crippen molar-refractivity contribution in [3.63, 3.8) is 0 Å². The highest BCUT2D eigenvalue weighted by molar-refractivity contribution is 6.30. The zero-order valence-electron chi connectivity index (χ0n) is 17.1. The van der Waals surface area contributed by atoms with E-state index in [2.05, 4.69) is 33.9 Å². The summed E-state index contributed by atoms with van der Waals surface area (Å²) >= 11 is 5.92. The number of halogens is 1. The van der Waals surface area contributed by atoms with Crippen LogP contribution in [0.15, 0.2) is 18.3 Å². The third-order valence-electron chi connectivity index (χ3n) is 5.72. The van der Waals surface area contributed by atoms with Crippen molar-refractivity contribution < 1.29 is 9.53 Å². The van der Waals surface area contributed by atoms with Crippen molar-refractivity contribution in [1.29, 1.82) is 0 Å². The lowest BCUT2D eigenvalue weighted by molar-refractivity contribution is -0.126. The third-order valence-corrected chi connectivity index (χ3v) is 5.94. The van der Waals surface area contributed by atoms with E-state index in [1.165, 1.54) is 0 Å². The molecule has 6 nitrogen and oxygen atoms in total. The van der Waals surface area contributed by atoms with Crippen molar-refractivity contribution in [2.24, 2.45) is 11.8 Å². The van der Waals surface area contributed by atoms with Gasteiger partial charge in [0, 0.05) is 50.9 Å². The average molecular weight is 409 g/mol. The first-order valence-corrected chi connectivity index (χ1v) is 10.9. The van der Waals surface area contributed by atoms with Gasteiger partial charge in [0.1, 0.15) is 5.82 Å². The molecule has 2 aliphatic heterocycles. The molecule has 0 bridgehead atoms. The Morgan fingerprint density at radius 1 is 1.25 bits per heavy atom. The highest BCUT2D eigenvalue weighted by atomic mass is 35.5. The molecule has 3 heterocycles. The summed E-state index contributed by atoms with van der Waals surface area (Å²) in [6.07, 6.45) is 4.50. The molecule has 0 spiro atoms. The number of piperidine rings is 1. The molecule has 1 atom stereocenters. The molecule has 28 heavy (non-hydrogen) atoms. The minimum absolute atomic E-state index is 0.0907. The molecule has 1 N–H and O–H groups in total. The first-order valence-electron chi connectivity index (χ1n) is 10.5. The Balaban J connectivity index is 1.46. The molecule has 3 rings (SSSR count). The number of aromatic nitrogens is 1.